The first-order valence-corrected chi connectivity index (χ1v) is 12.9. The van der Waals surface area contributed by atoms with E-state index in [1.165, 1.54) is 22.5 Å². The lowest BCUT2D eigenvalue weighted by Gasteiger charge is -2.28. The number of carbonyl (C=O) groups excluding carboxylic acids is 1. The number of halogens is 1. The van der Waals surface area contributed by atoms with Crippen LogP contribution in [0.25, 0.3) is 0 Å². The van der Waals surface area contributed by atoms with E-state index in [0.717, 1.165) is 24.3 Å². The second kappa shape index (κ2) is 9.29. The van der Waals surface area contributed by atoms with E-state index in [-0.39, 0.29) is 15.5 Å². The summed E-state index contributed by atoms with van der Waals surface area (Å²) in [7, 11) is -3.92. The Balaban J connectivity index is 1.36. The maximum Gasteiger partial charge on any atom is 0.265 e. The molecule has 2 heterocycles. The normalized spacial score (nSPS) is 15.8. The molecule has 176 valence electrons. The van der Waals surface area contributed by atoms with Crippen molar-refractivity contribution in [3.8, 4) is 0 Å². The van der Waals surface area contributed by atoms with Crippen LogP contribution in [0.2, 0.25) is 5.02 Å². The van der Waals surface area contributed by atoms with E-state index in [1.807, 2.05) is 42.5 Å². The molecule has 5 rings (SSSR count). The number of para-hydroxylation sites is 1. The van der Waals surface area contributed by atoms with Gasteiger partial charge in [-0.15, -0.1) is 0 Å². The molecule has 0 saturated carbocycles. The van der Waals surface area contributed by atoms with Gasteiger partial charge in [0.2, 0.25) is 0 Å². The minimum atomic E-state index is -3.92. The molecule has 1 fully saturated rings. The number of carbonyl (C=O) groups is 1. The van der Waals surface area contributed by atoms with Gasteiger partial charge < -0.3 is 15.0 Å². The van der Waals surface area contributed by atoms with Crippen LogP contribution in [0.5, 0.6) is 0 Å². The number of hydrogen-bond acceptors (Lipinski definition) is 5. The molecule has 0 unspecified atom stereocenters. The molecular formula is C25H24ClN3O4S. The highest BCUT2D eigenvalue weighted by atomic mass is 35.5. The van der Waals surface area contributed by atoms with Crippen molar-refractivity contribution >= 4 is 44.6 Å². The van der Waals surface area contributed by atoms with Gasteiger partial charge in [-0.05, 0) is 60.5 Å². The number of anilines is 3. The van der Waals surface area contributed by atoms with Crippen molar-refractivity contribution in [2.75, 3.05) is 47.4 Å². The molecule has 7 nitrogen and oxygen atoms in total. The van der Waals surface area contributed by atoms with Crippen LogP contribution in [-0.2, 0) is 21.2 Å². The molecule has 0 radical (unpaired) electrons. The number of amides is 1. The Morgan fingerprint density at radius 3 is 2.44 bits per heavy atom. The molecule has 1 N–H and O–H groups in total. The van der Waals surface area contributed by atoms with Gasteiger partial charge in [0.05, 0.1) is 23.9 Å². The third-order valence-corrected chi connectivity index (χ3v) is 8.40. The Bertz CT molecular complexity index is 1320. The van der Waals surface area contributed by atoms with Crippen LogP contribution in [0.1, 0.15) is 15.9 Å². The number of rotatable bonds is 5. The van der Waals surface area contributed by atoms with Crippen LogP contribution in [0.15, 0.2) is 71.6 Å². The predicted molar refractivity (Wildman–Crippen MR) is 134 cm³/mol. The van der Waals surface area contributed by atoms with Gasteiger partial charge in [-0.3, -0.25) is 9.10 Å². The summed E-state index contributed by atoms with van der Waals surface area (Å²) in [6, 6.07) is 19.3. The topological polar surface area (TPSA) is 79.0 Å². The standard InChI is InChI=1S/C25H24ClN3O4S/c26-22-10-5-19(17-24(22)34(31,32)29-12-11-18-3-1-2-4-23(18)29)25(30)27-20-6-8-21(9-7-20)28-13-15-33-16-14-28/h1-10,17H,11-16H2,(H,27,30). The highest BCUT2D eigenvalue weighted by Crippen LogP contribution is 2.35. The maximum atomic E-state index is 13.4. The summed E-state index contributed by atoms with van der Waals surface area (Å²) >= 11 is 6.29. The second-order valence-corrected chi connectivity index (χ2v) is 10.4. The number of hydrogen-bond donors (Lipinski definition) is 1. The quantitative estimate of drug-likeness (QED) is 0.572. The van der Waals surface area contributed by atoms with Crippen LogP contribution in [0, 0.1) is 0 Å². The molecule has 0 aromatic heterocycles. The zero-order valence-electron chi connectivity index (χ0n) is 18.4. The lowest BCUT2D eigenvalue weighted by molar-refractivity contribution is 0.102. The van der Waals surface area contributed by atoms with Crippen molar-refractivity contribution in [3.05, 3.63) is 82.9 Å². The molecule has 2 aliphatic heterocycles. The lowest BCUT2D eigenvalue weighted by Crippen LogP contribution is -2.36. The molecule has 0 spiro atoms. The fourth-order valence-corrected chi connectivity index (χ4v) is 6.31. The van der Waals surface area contributed by atoms with Crippen molar-refractivity contribution in [2.24, 2.45) is 0 Å². The van der Waals surface area contributed by atoms with E-state index in [9.17, 15) is 13.2 Å². The molecule has 0 aliphatic carbocycles. The molecule has 1 amide bonds. The average Bonchev–Trinajstić information content (AvgIpc) is 3.30. The van der Waals surface area contributed by atoms with Crippen LogP contribution in [0.3, 0.4) is 0 Å². The van der Waals surface area contributed by atoms with Crippen LogP contribution >= 0.6 is 11.6 Å². The molecule has 0 atom stereocenters. The second-order valence-electron chi connectivity index (χ2n) is 8.20. The summed E-state index contributed by atoms with van der Waals surface area (Å²) < 4.78 is 33.6. The van der Waals surface area contributed by atoms with Gasteiger partial charge in [0.25, 0.3) is 15.9 Å². The van der Waals surface area contributed by atoms with E-state index < -0.39 is 15.9 Å². The molecule has 9 heteroatoms. The lowest BCUT2D eigenvalue weighted by atomic mass is 10.2. The summed E-state index contributed by atoms with van der Waals surface area (Å²) in [6.07, 6.45) is 0.633. The van der Waals surface area contributed by atoms with Crippen LogP contribution in [-0.4, -0.2) is 47.2 Å². The van der Waals surface area contributed by atoms with E-state index in [0.29, 0.717) is 37.6 Å². The van der Waals surface area contributed by atoms with Gasteiger partial charge in [0, 0.05) is 36.6 Å². The summed E-state index contributed by atoms with van der Waals surface area (Å²) in [6.45, 7) is 3.39. The van der Waals surface area contributed by atoms with Crippen molar-refractivity contribution in [3.63, 3.8) is 0 Å². The van der Waals surface area contributed by atoms with Gasteiger partial charge >= 0.3 is 0 Å². The zero-order valence-corrected chi connectivity index (χ0v) is 20.0. The number of benzene rings is 3. The number of morpholine rings is 1. The van der Waals surface area contributed by atoms with Crippen LogP contribution in [0.4, 0.5) is 17.1 Å². The minimum Gasteiger partial charge on any atom is -0.378 e. The average molecular weight is 498 g/mol. The summed E-state index contributed by atoms with van der Waals surface area (Å²) in [5, 5.41) is 2.92. The first-order valence-electron chi connectivity index (χ1n) is 11.1. The molecule has 3 aromatic carbocycles. The number of fused-ring (bicyclic) bond motifs is 1. The van der Waals surface area contributed by atoms with Gasteiger partial charge in [-0.1, -0.05) is 29.8 Å². The Morgan fingerprint density at radius 2 is 1.68 bits per heavy atom. The summed E-state index contributed by atoms with van der Waals surface area (Å²) in [5.74, 6) is -0.408. The van der Waals surface area contributed by atoms with Crippen molar-refractivity contribution in [2.45, 2.75) is 11.3 Å². The molecule has 34 heavy (non-hydrogen) atoms. The van der Waals surface area contributed by atoms with Crippen molar-refractivity contribution < 1.29 is 17.9 Å². The predicted octanol–water partition coefficient (Wildman–Crippen LogP) is 4.18. The van der Waals surface area contributed by atoms with Crippen molar-refractivity contribution in [1.82, 2.24) is 0 Å². The first kappa shape index (κ1) is 22.7. The molecule has 3 aromatic rings. The summed E-state index contributed by atoms with van der Waals surface area (Å²) in [5.41, 5.74) is 3.51. The van der Waals surface area contributed by atoms with Gasteiger partial charge in [-0.2, -0.15) is 0 Å². The highest BCUT2D eigenvalue weighted by Gasteiger charge is 2.32. The third kappa shape index (κ3) is 4.36. The number of sulfonamides is 1. The SMILES string of the molecule is O=C(Nc1ccc(N2CCOCC2)cc1)c1ccc(Cl)c(S(=O)(=O)N2CCc3ccccc32)c1. The van der Waals surface area contributed by atoms with E-state index in [4.69, 9.17) is 16.3 Å². The zero-order chi connectivity index (χ0) is 23.7. The Labute approximate surface area is 203 Å². The molecule has 1 saturated heterocycles. The Morgan fingerprint density at radius 1 is 0.941 bits per heavy atom. The smallest absolute Gasteiger partial charge is 0.265 e. The van der Waals surface area contributed by atoms with Gasteiger partial charge in [-0.25, -0.2) is 8.42 Å². The minimum absolute atomic E-state index is 0.0794. The number of nitrogens with one attached hydrogen (secondary N) is 1. The van der Waals surface area contributed by atoms with E-state index in [1.54, 1.807) is 6.07 Å². The third-order valence-electron chi connectivity index (χ3n) is 6.11. The monoisotopic (exact) mass is 497 g/mol. The summed E-state index contributed by atoms with van der Waals surface area (Å²) in [4.78, 5) is 15.1. The van der Waals surface area contributed by atoms with E-state index in [2.05, 4.69) is 10.2 Å². The molecule has 0 bridgehead atoms. The molecule has 2 aliphatic rings. The van der Waals surface area contributed by atoms with Crippen LogP contribution < -0.4 is 14.5 Å². The number of nitrogens with zero attached hydrogens (tertiary/aromatic N) is 2. The largest absolute Gasteiger partial charge is 0.378 e. The fourth-order valence-electron chi connectivity index (χ4n) is 4.30. The fraction of sp³-hybridized carbons (Fsp3) is 0.240. The maximum absolute atomic E-state index is 13.4. The number of ether oxygens (including phenoxy) is 1. The van der Waals surface area contributed by atoms with Gasteiger partial charge in [0.1, 0.15) is 4.90 Å². The first-order chi connectivity index (χ1) is 16.4. The Hall–Kier alpha value is -3.07. The van der Waals surface area contributed by atoms with E-state index >= 15 is 0 Å². The highest BCUT2D eigenvalue weighted by molar-refractivity contribution is 7.93. The molecular weight excluding hydrogens is 474 g/mol. The van der Waals surface area contributed by atoms with Gasteiger partial charge in [0.15, 0.2) is 0 Å². The Kier molecular flexibility index (Phi) is 6.20. The van der Waals surface area contributed by atoms with Crippen molar-refractivity contribution in [1.29, 1.82) is 0 Å².